The molecule has 31 heavy (non-hydrogen) atoms. The lowest BCUT2D eigenvalue weighted by atomic mass is 9.99. The van der Waals surface area contributed by atoms with E-state index in [1.54, 1.807) is 17.0 Å². The minimum absolute atomic E-state index is 0.0192. The highest BCUT2D eigenvalue weighted by atomic mass is 16.5. The Kier molecular flexibility index (Phi) is 6.84. The number of carbonyl (C=O) groups is 2. The van der Waals surface area contributed by atoms with E-state index in [1.807, 2.05) is 30.3 Å². The predicted octanol–water partition coefficient (Wildman–Crippen LogP) is 2.01. The largest absolute Gasteiger partial charge is 0.491 e. The lowest BCUT2D eigenvalue weighted by Gasteiger charge is -2.23. The number of ether oxygens (including phenoxy) is 2. The van der Waals surface area contributed by atoms with E-state index in [4.69, 9.17) is 9.47 Å². The molecule has 0 aliphatic carbocycles. The third kappa shape index (κ3) is 5.06. The number of rotatable bonds is 2. The Morgan fingerprint density at radius 1 is 1.16 bits per heavy atom. The third-order valence-corrected chi connectivity index (χ3v) is 5.76. The van der Waals surface area contributed by atoms with Gasteiger partial charge < -0.3 is 24.8 Å². The monoisotopic (exact) mass is 424 g/mol. The Hall–Kier alpha value is -2.90. The molecular formula is C24H28N2O5. The van der Waals surface area contributed by atoms with Gasteiger partial charge in [0.05, 0.1) is 25.9 Å². The lowest BCUT2D eigenvalue weighted by Crippen LogP contribution is -2.37. The van der Waals surface area contributed by atoms with E-state index in [1.165, 1.54) is 0 Å². The number of nitrogens with one attached hydrogen (secondary N) is 1. The fourth-order valence-corrected chi connectivity index (χ4v) is 4.14. The predicted molar refractivity (Wildman–Crippen MR) is 115 cm³/mol. The number of benzene rings is 2. The fourth-order valence-electron chi connectivity index (χ4n) is 4.14. The van der Waals surface area contributed by atoms with Crippen LogP contribution < -0.4 is 10.1 Å². The van der Waals surface area contributed by atoms with Gasteiger partial charge in [0.2, 0.25) is 0 Å². The number of fused-ring (bicyclic) bond motifs is 3. The number of aliphatic hydroxyl groups excluding tert-OH is 1. The van der Waals surface area contributed by atoms with Gasteiger partial charge in [0, 0.05) is 30.6 Å². The fraction of sp³-hybridized carbons (Fsp3) is 0.417. The molecule has 4 rings (SSSR count). The highest BCUT2D eigenvalue weighted by molar-refractivity contribution is 5.95. The summed E-state index contributed by atoms with van der Waals surface area (Å²) < 4.78 is 11.5. The summed E-state index contributed by atoms with van der Waals surface area (Å²) in [5, 5.41) is 12.4. The first-order valence-electron chi connectivity index (χ1n) is 10.8. The number of hydrogen-bond acceptors (Lipinski definition) is 5. The number of amides is 2. The maximum absolute atomic E-state index is 13.1. The Morgan fingerprint density at radius 3 is 2.94 bits per heavy atom. The van der Waals surface area contributed by atoms with Crippen LogP contribution in [0.15, 0.2) is 42.5 Å². The molecule has 0 saturated carbocycles. The van der Waals surface area contributed by atoms with E-state index < -0.39 is 0 Å². The molecule has 2 bridgehead atoms. The summed E-state index contributed by atoms with van der Waals surface area (Å²) in [6.45, 7) is 2.29. The van der Waals surface area contributed by atoms with Crippen LogP contribution in [0.4, 0.5) is 0 Å². The minimum Gasteiger partial charge on any atom is -0.491 e. The van der Waals surface area contributed by atoms with Crippen molar-refractivity contribution in [1.29, 1.82) is 0 Å². The Balaban J connectivity index is 1.64. The molecule has 2 aliphatic rings. The number of carbonyl (C=O) groups excluding carboxylic acids is 2. The van der Waals surface area contributed by atoms with Gasteiger partial charge in [0.15, 0.2) is 0 Å². The van der Waals surface area contributed by atoms with Crippen LogP contribution >= 0.6 is 0 Å². The summed E-state index contributed by atoms with van der Waals surface area (Å²) >= 11 is 0. The zero-order chi connectivity index (χ0) is 21.6. The topological polar surface area (TPSA) is 88.1 Å². The third-order valence-electron chi connectivity index (χ3n) is 5.76. The molecule has 2 heterocycles. The molecule has 1 unspecified atom stereocenters. The molecule has 0 radical (unpaired) electrons. The van der Waals surface area contributed by atoms with E-state index >= 15 is 0 Å². The van der Waals surface area contributed by atoms with Gasteiger partial charge in [-0.2, -0.15) is 0 Å². The van der Waals surface area contributed by atoms with Crippen molar-refractivity contribution >= 4 is 11.8 Å². The van der Waals surface area contributed by atoms with Crippen LogP contribution in [0.25, 0.3) is 0 Å². The van der Waals surface area contributed by atoms with Crippen LogP contribution in [0.2, 0.25) is 0 Å². The van der Waals surface area contributed by atoms with Crippen molar-refractivity contribution in [3.05, 3.63) is 64.7 Å². The summed E-state index contributed by atoms with van der Waals surface area (Å²) in [5.74, 6) is 0.495. The van der Waals surface area contributed by atoms with Gasteiger partial charge >= 0.3 is 0 Å². The summed E-state index contributed by atoms with van der Waals surface area (Å²) in [7, 11) is 0. The average Bonchev–Trinajstić information content (AvgIpc) is 3.27. The molecule has 0 aromatic heterocycles. The molecule has 7 heteroatoms. The van der Waals surface area contributed by atoms with E-state index in [9.17, 15) is 14.7 Å². The summed E-state index contributed by atoms with van der Waals surface area (Å²) in [5.41, 5.74) is 3.01. The van der Waals surface area contributed by atoms with Crippen molar-refractivity contribution in [2.24, 2.45) is 0 Å². The van der Waals surface area contributed by atoms with Crippen LogP contribution in [0.5, 0.6) is 5.75 Å². The number of hydrogen-bond donors (Lipinski definition) is 2. The maximum Gasteiger partial charge on any atom is 0.254 e. The minimum atomic E-state index is -0.132. The normalized spacial score (nSPS) is 19.7. The zero-order valence-corrected chi connectivity index (χ0v) is 17.5. The van der Waals surface area contributed by atoms with Crippen LogP contribution in [0, 0.1) is 0 Å². The van der Waals surface area contributed by atoms with Crippen LogP contribution in [-0.2, 0) is 11.2 Å². The summed E-state index contributed by atoms with van der Waals surface area (Å²) in [6.07, 6.45) is 2.26. The van der Waals surface area contributed by atoms with Gasteiger partial charge in [-0.3, -0.25) is 9.59 Å². The maximum atomic E-state index is 13.1. The van der Waals surface area contributed by atoms with Crippen molar-refractivity contribution in [3.63, 3.8) is 0 Å². The van der Waals surface area contributed by atoms with E-state index in [0.29, 0.717) is 56.2 Å². The average molecular weight is 424 g/mol. The number of nitrogens with zero attached hydrogens (tertiary/aromatic N) is 1. The molecule has 0 spiro atoms. The van der Waals surface area contributed by atoms with Gasteiger partial charge in [-0.1, -0.05) is 12.1 Å². The van der Waals surface area contributed by atoms with E-state index in [0.717, 1.165) is 24.0 Å². The van der Waals surface area contributed by atoms with Crippen molar-refractivity contribution in [2.45, 2.75) is 25.3 Å². The number of aliphatic hydroxyl groups is 1. The highest BCUT2D eigenvalue weighted by Gasteiger charge is 2.29. The van der Waals surface area contributed by atoms with Crippen molar-refractivity contribution in [3.8, 4) is 5.75 Å². The highest BCUT2D eigenvalue weighted by Crippen LogP contribution is 2.27. The van der Waals surface area contributed by atoms with Crippen molar-refractivity contribution in [1.82, 2.24) is 10.2 Å². The molecule has 7 nitrogen and oxygen atoms in total. The first-order chi connectivity index (χ1) is 15.2. The van der Waals surface area contributed by atoms with E-state index in [-0.39, 0.29) is 24.5 Å². The smallest absolute Gasteiger partial charge is 0.254 e. The van der Waals surface area contributed by atoms with Gasteiger partial charge in [0.25, 0.3) is 11.8 Å². The van der Waals surface area contributed by atoms with Crippen molar-refractivity contribution in [2.75, 3.05) is 39.5 Å². The van der Waals surface area contributed by atoms with Gasteiger partial charge in [0.1, 0.15) is 12.4 Å². The van der Waals surface area contributed by atoms with Gasteiger partial charge in [-0.15, -0.1) is 0 Å². The Bertz CT molecular complexity index is 945. The van der Waals surface area contributed by atoms with Crippen LogP contribution in [0.1, 0.15) is 44.7 Å². The molecule has 164 valence electrons. The first kappa shape index (κ1) is 21.3. The van der Waals surface area contributed by atoms with Gasteiger partial charge in [-0.05, 0) is 54.3 Å². The molecule has 1 fully saturated rings. The van der Waals surface area contributed by atoms with Gasteiger partial charge in [-0.25, -0.2) is 0 Å². The standard InChI is InChI=1S/C24H28N2O5/c27-16-21-5-2-9-26(21)24(29)19-6-7-22-20(15-19)14-17-3-1-4-18(13-17)23(28)25-8-10-30-11-12-31-22/h1,3-4,6-7,13,15,21,27H,2,5,8-12,14,16H2,(H,25,28). The second-order valence-corrected chi connectivity index (χ2v) is 7.89. The lowest BCUT2D eigenvalue weighted by molar-refractivity contribution is 0.0677. The second-order valence-electron chi connectivity index (χ2n) is 7.89. The molecule has 2 amide bonds. The molecular weight excluding hydrogens is 396 g/mol. The molecule has 1 saturated heterocycles. The van der Waals surface area contributed by atoms with Crippen LogP contribution in [-0.4, -0.2) is 67.4 Å². The second kappa shape index (κ2) is 9.94. The first-order valence-corrected chi connectivity index (χ1v) is 10.8. The quantitative estimate of drug-likeness (QED) is 0.770. The molecule has 2 aromatic rings. The summed E-state index contributed by atoms with van der Waals surface area (Å²) in [4.78, 5) is 27.2. The van der Waals surface area contributed by atoms with Crippen LogP contribution in [0.3, 0.4) is 0 Å². The molecule has 2 N–H and O–H groups in total. The zero-order valence-electron chi connectivity index (χ0n) is 17.5. The molecule has 2 aliphatic heterocycles. The number of likely N-dealkylation sites (tertiary alicyclic amines) is 1. The van der Waals surface area contributed by atoms with Crippen molar-refractivity contribution < 1.29 is 24.2 Å². The Morgan fingerprint density at radius 2 is 2.06 bits per heavy atom. The van der Waals surface area contributed by atoms with E-state index in [2.05, 4.69) is 5.32 Å². The summed E-state index contributed by atoms with van der Waals surface area (Å²) in [6, 6.07) is 12.8. The SMILES string of the molecule is O=C1NCCOCCOc2ccc(C(=O)N3CCCC3CO)cc2Cc2cccc1c2. The molecule has 2 aromatic carbocycles. The Labute approximate surface area is 182 Å². The molecule has 1 atom stereocenters.